The van der Waals surface area contributed by atoms with Gasteiger partial charge in [-0.3, -0.25) is 10.1 Å². The summed E-state index contributed by atoms with van der Waals surface area (Å²) in [6, 6.07) is 5.78. The third kappa shape index (κ3) is 3.87. The Labute approximate surface area is 144 Å². The molecule has 128 valence electrons. The normalized spacial score (nSPS) is 10.1. The Morgan fingerprint density at radius 2 is 1.88 bits per heavy atom. The molecule has 2 rings (SSSR count). The monoisotopic (exact) mass is 340 g/mol. The minimum Gasteiger partial charge on any atom is -0.349 e. The van der Waals surface area contributed by atoms with Crippen LogP contribution in [0.5, 0.6) is 0 Å². The lowest BCUT2D eigenvalue weighted by atomic mass is 10.3. The van der Waals surface area contributed by atoms with Crippen molar-refractivity contribution in [3.8, 4) is 18.0 Å². The molecule has 0 aliphatic carbocycles. The summed E-state index contributed by atoms with van der Waals surface area (Å²) in [5.41, 5.74) is 1.10. The van der Waals surface area contributed by atoms with E-state index in [4.69, 9.17) is 10.5 Å². The smallest absolute Gasteiger partial charge is 0.349 e. The number of hydrogen-bond donors (Lipinski definition) is 0. The van der Waals surface area contributed by atoms with Gasteiger partial charge < -0.3 is 4.90 Å². The molecule has 0 aromatic carbocycles. The largest absolute Gasteiger partial charge is 0.355 e. The van der Waals surface area contributed by atoms with Gasteiger partial charge in [0.15, 0.2) is 0 Å². The van der Waals surface area contributed by atoms with E-state index in [0.717, 1.165) is 0 Å². The molecule has 10 nitrogen and oxygen atoms in total. The minimum atomic E-state index is -0.563. The van der Waals surface area contributed by atoms with E-state index < -0.39 is 4.92 Å². The summed E-state index contributed by atoms with van der Waals surface area (Å²) in [5, 5.41) is 33.6. The molecule has 2 heterocycles. The molecule has 25 heavy (non-hydrogen) atoms. The maximum absolute atomic E-state index is 11.7. The topological polar surface area (TPSA) is 138 Å². The van der Waals surface area contributed by atoms with Crippen molar-refractivity contribution in [3.63, 3.8) is 0 Å². The fraction of sp³-hybridized carbons (Fsp3) is 0.400. The Hall–Kier alpha value is -3.53. The van der Waals surface area contributed by atoms with Gasteiger partial charge in [-0.05, 0) is 19.9 Å². The van der Waals surface area contributed by atoms with E-state index >= 15 is 0 Å². The zero-order chi connectivity index (χ0) is 18.4. The first kappa shape index (κ1) is 17.8. The highest BCUT2D eigenvalue weighted by Crippen LogP contribution is 2.31. The second-order valence-corrected chi connectivity index (χ2v) is 5.27. The summed E-state index contributed by atoms with van der Waals surface area (Å²) in [7, 11) is 0. The second-order valence-electron chi connectivity index (χ2n) is 5.27. The molecular weight excluding hydrogens is 324 g/mol. The van der Waals surface area contributed by atoms with Crippen LogP contribution in [0.1, 0.15) is 24.2 Å². The van der Waals surface area contributed by atoms with Crippen LogP contribution >= 0.6 is 0 Å². The molecular formula is C15H16N8O2. The molecule has 10 heteroatoms. The SMILES string of the molecule is Cc1cc(C)n(-c2ncnc(N(CCC#N)CCC#N)c2[N+](=O)[O-])n1. The van der Waals surface area contributed by atoms with Gasteiger partial charge in [-0.25, -0.2) is 14.6 Å². The fourth-order valence-corrected chi connectivity index (χ4v) is 2.45. The number of anilines is 1. The number of nitro groups is 1. The predicted molar refractivity (Wildman–Crippen MR) is 88.0 cm³/mol. The van der Waals surface area contributed by atoms with E-state index in [0.29, 0.717) is 11.4 Å². The molecule has 0 bridgehead atoms. The average molecular weight is 340 g/mol. The molecule has 0 saturated heterocycles. The van der Waals surface area contributed by atoms with Crippen LogP contribution in [0.3, 0.4) is 0 Å². The van der Waals surface area contributed by atoms with Gasteiger partial charge >= 0.3 is 5.69 Å². The van der Waals surface area contributed by atoms with Crippen LogP contribution in [0.4, 0.5) is 11.5 Å². The Morgan fingerprint density at radius 3 is 2.36 bits per heavy atom. The molecule has 0 N–H and O–H groups in total. The average Bonchev–Trinajstić information content (AvgIpc) is 2.92. The van der Waals surface area contributed by atoms with E-state index in [-0.39, 0.29) is 43.3 Å². The molecule has 0 atom stereocenters. The summed E-state index contributed by atoms with van der Waals surface area (Å²) in [6.07, 6.45) is 1.53. The van der Waals surface area contributed by atoms with Crippen molar-refractivity contribution in [3.05, 3.63) is 33.9 Å². The summed E-state index contributed by atoms with van der Waals surface area (Å²) >= 11 is 0. The summed E-state index contributed by atoms with van der Waals surface area (Å²) in [6.45, 7) is 4.01. The van der Waals surface area contributed by atoms with Crippen LogP contribution in [0.15, 0.2) is 12.4 Å². The van der Waals surface area contributed by atoms with Crippen molar-refractivity contribution in [2.75, 3.05) is 18.0 Å². The van der Waals surface area contributed by atoms with Gasteiger partial charge in [0.05, 0.1) is 35.6 Å². The molecule has 0 fully saturated rings. The lowest BCUT2D eigenvalue weighted by Crippen LogP contribution is -2.28. The molecule has 0 radical (unpaired) electrons. The maximum atomic E-state index is 11.7. The van der Waals surface area contributed by atoms with E-state index in [1.165, 1.54) is 11.0 Å². The number of rotatable bonds is 7. The highest BCUT2D eigenvalue weighted by molar-refractivity contribution is 5.65. The molecule has 0 spiro atoms. The van der Waals surface area contributed by atoms with Gasteiger partial charge in [0.25, 0.3) is 0 Å². The molecule has 0 amide bonds. The Balaban J connectivity index is 2.60. The van der Waals surface area contributed by atoms with Crippen LogP contribution in [0.25, 0.3) is 5.82 Å². The third-order valence-electron chi connectivity index (χ3n) is 3.46. The van der Waals surface area contributed by atoms with Crippen molar-refractivity contribution in [2.45, 2.75) is 26.7 Å². The number of aromatic nitrogens is 4. The van der Waals surface area contributed by atoms with E-state index in [1.54, 1.807) is 24.8 Å². The van der Waals surface area contributed by atoms with Gasteiger partial charge in [0, 0.05) is 18.8 Å². The van der Waals surface area contributed by atoms with Gasteiger partial charge in [-0.1, -0.05) is 0 Å². The highest BCUT2D eigenvalue weighted by atomic mass is 16.6. The van der Waals surface area contributed by atoms with Crippen LogP contribution in [0.2, 0.25) is 0 Å². The lowest BCUT2D eigenvalue weighted by Gasteiger charge is -2.21. The number of hydrogen-bond acceptors (Lipinski definition) is 8. The summed E-state index contributed by atoms with van der Waals surface area (Å²) in [5.74, 6) is 0.132. The molecule has 0 aliphatic heterocycles. The van der Waals surface area contributed by atoms with Gasteiger partial charge in [-0.2, -0.15) is 15.6 Å². The van der Waals surface area contributed by atoms with Crippen LogP contribution < -0.4 is 4.90 Å². The Kier molecular flexibility index (Phi) is 5.58. The first-order valence-electron chi connectivity index (χ1n) is 7.51. The first-order chi connectivity index (χ1) is 12.0. The Morgan fingerprint density at radius 1 is 1.24 bits per heavy atom. The fourth-order valence-electron chi connectivity index (χ4n) is 2.45. The van der Waals surface area contributed by atoms with Crippen LogP contribution in [0, 0.1) is 46.6 Å². The minimum absolute atomic E-state index is 0.0551. The standard InChI is InChI=1S/C15H16N8O2/c1-11-9-12(2)22(20-11)15-13(23(24)25)14(18-10-19-15)21(7-3-5-16)8-4-6-17/h9-10H,3-4,7-8H2,1-2H3. The van der Waals surface area contributed by atoms with Crippen molar-refractivity contribution in [1.82, 2.24) is 19.7 Å². The van der Waals surface area contributed by atoms with Crippen molar-refractivity contribution in [1.29, 1.82) is 10.5 Å². The maximum Gasteiger partial charge on any atom is 0.355 e. The van der Waals surface area contributed by atoms with Crippen molar-refractivity contribution in [2.24, 2.45) is 0 Å². The Bertz CT molecular complexity index is 843. The van der Waals surface area contributed by atoms with E-state index in [9.17, 15) is 10.1 Å². The van der Waals surface area contributed by atoms with Crippen molar-refractivity contribution < 1.29 is 4.92 Å². The van der Waals surface area contributed by atoms with Crippen LogP contribution in [-0.4, -0.2) is 37.8 Å². The van der Waals surface area contributed by atoms with Gasteiger partial charge in [0.1, 0.15) is 6.33 Å². The number of nitrogens with zero attached hydrogens (tertiary/aromatic N) is 8. The second kappa shape index (κ2) is 7.84. The third-order valence-corrected chi connectivity index (χ3v) is 3.46. The molecule has 2 aromatic heterocycles. The van der Waals surface area contributed by atoms with Gasteiger partial charge in [-0.15, -0.1) is 0 Å². The summed E-state index contributed by atoms with van der Waals surface area (Å²) in [4.78, 5) is 20.8. The molecule has 0 aliphatic rings. The van der Waals surface area contributed by atoms with Gasteiger partial charge in [0.2, 0.25) is 11.6 Å². The molecule has 2 aromatic rings. The predicted octanol–water partition coefficient (Wildman–Crippen LogP) is 1.82. The van der Waals surface area contributed by atoms with Crippen molar-refractivity contribution >= 4 is 11.5 Å². The first-order valence-corrected chi connectivity index (χ1v) is 7.51. The molecule has 0 unspecified atom stereocenters. The zero-order valence-corrected chi connectivity index (χ0v) is 13.9. The molecule has 0 saturated carbocycles. The lowest BCUT2D eigenvalue weighted by molar-refractivity contribution is -0.384. The number of nitriles is 2. The highest BCUT2D eigenvalue weighted by Gasteiger charge is 2.29. The quantitative estimate of drug-likeness (QED) is 0.549. The van der Waals surface area contributed by atoms with E-state index in [1.807, 2.05) is 12.1 Å². The van der Waals surface area contributed by atoms with E-state index in [2.05, 4.69) is 15.1 Å². The summed E-state index contributed by atoms with van der Waals surface area (Å²) < 4.78 is 1.39. The zero-order valence-electron chi connectivity index (χ0n) is 13.9. The van der Waals surface area contributed by atoms with Crippen LogP contribution in [-0.2, 0) is 0 Å². The number of aryl methyl sites for hydroxylation is 2.